The van der Waals surface area contributed by atoms with Crippen molar-refractivity contribution in [3.8, 4) is 50.7 Å². The van der Waals surface area contributed by atoms with Gasteiger partial charge in [0.25, 0.3) is 0 Å². The van der Waals surface area contributed by atoms with Gasteiger partial charge in [0, 0.05) is 22.5 Å². The largest absolute Gasteiger partial charge is 0.455 e. The molecular weight excluding hydrogens is 560 g/mol. The van der Waals surface area contributed by atoms with Gasteiger partial charge in [-0.3, -0.25) is 4.98 Å². The predicted molar refractivity (Wildman–Crippen MR) is 191 cm³/mol. The molecule has 0 saturated heterocycles. The van der Waals surface area contributed by atoms with Gasteiger partial charge in [-0.25, -0.2) is 0 Å². The minimum Gasteiger partial charge on any atom is -0.455 e. The number of rotatable bonds is 6. The second kappa shape index (κ2) is 11.8. The second-order valence-electron chi connectivity index (χ2n) is 12.8. The molecule has 5 aromatic carbocycles. The second-order valence-corrected chi connectivity index (χ2v) is 12.8. The number of benzene rings is 5. The van der Waals surface area contributed by atoms with Crippen LogP contribution in [0.15, 0.2) is 120 Å². The van der Waals surface area contributed by atoms with Gasteiger partial charge in [-0.15, -0.1) is 0 Å². The van der Waals surface area contributed by atoms with Crippen LogP contribution >= 0.6 is 0 Å². The topological polar surface area (TPSA) is 49.8 Å². The molecule has 0 N–H and O–H groups in total. The van der Waals surface area contributed by atoms with Crippen LogP contribution < -0.4 is 0 Å². The Morgan fingerprint density at radius 3 is 1.93 bits per heavy atom. The first-order valence-corrected chi connectivity index (χ1v) is 16.0. The Hall–Kier alpha value is -5.46. The van der Waals surface area contributed by atoms with Crippen LogP contribution in [0.2, 0.25) is 0 Å². The van der Waals surface area contributed by atoms with Crippen LogP contribution in [0.3, 0.4) is 0 Å². The Balaban J connectivity index is 1.38. The summed E-state index contributed by atoms with van der Waals surface area (Å²) in [6, 6.07) is 40.5. The molecule has 0 unspecified atom stereocenters. The first kappa shape index (κ1) is 29.3. The van der Waals surface area contributed by atoms with E-state index >= 15 is 0 Å². The van der Waals surface area contributed by atoms with E-state index in [0.717, 1.165) is 33.2 Å². The minimum atomic E-state index is 0.320. The number of nitrogens with zero attached hydrogens (tertiary/aromatic N) is 2. The third-order valence-electron chi connectivity index (χ3n) is 9.05. The van der Waals surface area contributed by atoms with Gasteiger partial charge in [-0.1, -0.05) is 107 Å². The highest BCUT2D eigenvalue weighted by Crippen LogP contribution is 2.43. The van der Waals surface area contributed by atoms with Crippen LogP contribution in [0.1, 0.15) is 61.8 Å². The molecule has 2 heterocycles. The van der Waals surface area contributed by atoms with E-state index in [2.05, 4.69) is 132 Å². The summed E-state index contributed by atoms with van der Waals surface area (Å²) in [4.78, 5) is 4.92. The summed E-state index contributed by atoms with van der Waals surface area (Å²) in [5, 5.41) is 11.4. The molecule has 0 aliphatic rings. The van der Waals surface area contributed by atoms with Crippen LogP contribution in [0, 0.1) is 18.3 Å². The first-order valence-electron chi connectivity index (χ1n) is 16.0. The fraction of sp³-hybridized carbons (Fsp3) is 0.163. The summed E-state index contributed by atoms with van der Waals surface area (Å²) in [5.41, 5.74) is 15.1. The fourth-order valence-corrected chi connectivity index (χ4v) is 6.57. The Labute approximate surface area is 270 Å². The summed E-state index contributed by atoms with van der Waals surface area (Å²) < 4.78 is 6.39. The van der Waals surface area contributed by atoms with Gasteiger partial charge in [0.15, 0.2) is 0 Å². The van der Waals surface area contributed by atoms with Gasteiger partial charge in [-0.2, -0.15) is 5.26 Å². The number of hydrogen-bond acceptors (Lipinski definition) is 3. The van der Waals surface area contributed by atoms with Gasteiger partial charge in [0.05, 0.1) is 17.3 Å². The first-order chi connectivity index (χ1) is 22.3. The number of pyridine rings is 1. The zero-order chi connectivity index (χ0) is 31.9. The molecule has 0 spiro atoms. The molecule has 0 aliphatic carbocycles. The molecule has 0 fully saturated rings. The normalized spacial score (nSPS) is 11.5. The molecule has 224 valence electrons. The van der Waals surface area contributed by atoms with Crippen LogP contribution in [0.4, 0.5) is 0 Å². The maximum absolute atomic E-state index is 9.43. The number of nitriles is 1. The Kier molecular flexibility index (Phi) is 7.51. The quantitative estimate of drug-likeness (QED) is 0.192. The third kappa shape index (κ3) is 5.17. The van der Waals surface area contributed by atoms with E-state index in [1.54, 1.807) is 0 Å². The molecule has 0 radical (unpaired) electrons. The highest BCUT2D eigenvalue weighted by atomic mass is 16.3. The van der Waals surface area contributed by atoms with E-state index in [-0.39, 0.29) is 0 Å². The van der Waals surface area contributed by atoms with Crippen molar-refractivity contribution < 1.29 is 4.42 Å². The number of aryl methyl sites for hydroxylation is 1. The summed E-state index contributed by atoms with van der Waals surface area (Å²) in [6.45, 7) is 11.3. The lowest BCUT2D eigenvalue weighted by atomic mass is 9.81. The number of para-hydroxylation sites is 1. The summed E-state index contributed by atoms with van der Waals surface area (Å²) in [5.74, 6) is 0.639. The highest BCUT2D eigenvalue weighted by molar-refractivity contribution is 6.09. The molecule has 7 aromatic rings. The summed E-state index contributed by atoms with van der Waals surface area (Å²) >= 11 is 0. The molecule has 3 nitrogen and oxygen atoms in total. The zero-order valence-electron chi connectivity index (χ0n) is 26.9. The average Bonchev–Trinajstić information content (AvgIpc) is 3.46. The predicted octanol–water partition coefficient (Wildman–Crippen LogP) is 12.1. The van der Waals surface area contributed by atoms with Crippen LogP contribution in [-0.4, -0.2) is 4.98 Å². The van der Waals surface area contributed by atoms with Crippen molar-refractivity contribution in [2.45, 2.75) is 46.5 Å². The van der Waals surface area contributed by atoms with Crippen molar-refractivity contribution in [2.75, 3.05) is 0 Å². The Bertz CT molecular complexity index is 2240. The van der Waals surface area contributed by atoms with Crippen molar-refractivity contribution in [1.82, 2.24) is 4.98 Å². The molecule has 46 heavy (non-hydrogen) atoms. The lowest BCUT2D eigenvalue weighted by molar-refractivity contribution is 0.669. The van der Waals surface area contributed by atoms with Crippen molar-refractivity contribution in [1.29, 1.82) is 5.26 Å². The maximum Gasteiger partial charge on any atom is 0.144 e. The van der Waals surface area contributed by atoms with E-state index < -0.39 is 0 Å². The molecule has 0 amide bonds. The van der Waals surface area contributed by atoms with Crippen molar-refractivity contribution in [3.63, 3.8) is 0 Å². The molecule has 2 aromatic heterocycles. The molecule has 0 atom stereocenters. The molecule has 0 saturated carbocycles. The summed E-state index contributed by atoms with van der Waals surface area (Å²) in [6.07, 6.45) is 1.99. The van der Waals surface area contributed by atoms with Gasteiger partial charge in [0.2, 0.25) is 0 Å². The summed E-state index contributed by atoms with van der Waals surface area (Å²) in [7, 11) is 0. The number of fused-ring (bicyclic) bond motifs is 3. The van der Waals surface area contributed by atoms with Crippen LogP contribution in [0.5, 0.6) is 0 Å². The average molecular weight is 597 g/mol. The molecule has 3 heteroatoms. The maximum atomic E-state index is 9.43. The Morgan fingerprint density at radius 2 is 1.28 bits per heavy atom. The van der Waals surface area contributed by atoms with E-state index in [9.17, 15) is 5.26 Å². The van der Waals surface area contributed by atoms with Crippen molar-refractivity contribution in [2.24, 2.45) is 0 Å². The Morgan fingerprint density at radius 1 is 0.630 bits per heavy atom. The molecule has 0 bridgehead atoms. The highest BCUT2D eigenvalue weighted by Gasteiger charge is 2.21. The van der Waals surface area contributed by atoms with Gasteiger partial charge < -0.3 is 4.42 Å². The fourth-order valence-electron chi connectivity index (χ4n) is 6.57. The number of hydrogen-bond donors (Lipinski definition) is 0. The van der Waals surface area contributed by atoms with Crippen molar-refractivity contribution >= 4 is 21.9 Å². The number of furan rings is 1. The SMILES string of the molecule is Cc1cnc(-c2cccc3c2oc2cc(C#N)ccc23)cc1-c1c(C(C)C)cc(-c2ccc(-c3ccccc3)cc2)cc1C(C)C. The van der Waals surface area contributed by atoms with Crippen molar-refractivity contribution in [3.05, 3.63) is 138 Å². The standard InChI is InChI=1S/C43H36N2O/c1-26(2)37-21-33(32-17-15-31(16-18-32)30-10-7-6-8-11-30)22-38(27(3)4)42(37)39-23-40(45-25-28(39)5)36-13-9-12-35-34-19-14-29(24-44)20-41(34)46-43(35)36/h6-23,25-27H,1-5H3. The van der Waals surface area contributed by atoms with Crippen LogP contribution in [0.25, 0.3) is 66.6 Å². The monoisotopic (exact) mass is 596 g/mol. The van der Waals surface area contributed by atoms with E-state index in [1.165, 1.54) is 44.5 Å². The molecule has 0 aliphatic heterocycles. The zero-order valence-corrected chi connectivity index (χ0v) is 26.9. The smallest absolute Gasteiger partial charge is 0.144 e. The lowest BCUT2D eigenvalue weighted by Crippen LogP contribution is -2.03. The van der Waals surface area contributed by atoms with E-state index in [1.807, 2.05) is 24.4 Å². The van der Waals surface area contributed by atoms with E-state index in [4.69, 9.17) is 9.40 Å². The van der Waals surface area contributed by atoms with Crippen LogP contribution in [-0.2, 0) is 0 Å². The number of aromatic nitrogens is 1. The molecule has 7 rings (SSSR count). The van der Waals surface area contributed by atoms with Gasteiger partial charge in [-0.05, 0) is 99.2 Å². The lowest BCUT2D eigenvalue weighted by Gasteiger charge is -2.24. The van der Waals surface area contributed by atoms with Gasteiger partial charge in [0.1, 0.15) is 11.2 Å². The van der Waals surface area contributed by atoms with Gasteiger partial charge >= 0.3 is 0 Å². The van der Waals surface area contributed by atoms with E-state index in [0.29, 0.717) is 23.0 Å². The minimum absolute atomic E-state index is 0.320. The molecular formula is C43H36N2O. The third-order valence-corrected chi connectivity index (χ3v) is 9.05.